The second-order valence-corrected chi connectivity index (χ2v) is 14.3. The van der Waals surface area contributed by atoms with Crippen LogP contribution in [0.25, 0.3) is 73.0 Å². The van der Waals surface area contributed by atoms with Crippen LogP contribution in [0.3, 0.4) is 0 Å². The largest absolute Gasteiger partial charge is 0.309 e. The zero-order chi connectivity index (χ0) is 30.9. The second kappa shape index (κ2) is 10.5. The summed E-state index contributed by atoms with van der Waals surface area (Å²) in [6.07, 6.45) is 0. The fourth-order valence-electron chi connectivity index (χ4n) is 7.29. The van der Waals surface area contributed by atoms with E-state index in [9.17, 15) is 0 Å². The molecule has 47 heavy (non-hydrogen) atoms. The lowest BCUT2D eigenvalue weighted by Gasteiger charge is -2.28. The monoisotopic (exact) mass is 633 g/mol. The van der Waals surface area contributed by atoms with E-state index in [1.54, 1.807) is 0 Å². The van der Waals surface area contributed by atoms with Gasteiger partial charge in [0.2, 0.25) is 0 Å². The molecule has 0 N–H and O–H groups in total. The zero-order valence-corrected chi connectivity index (χ0v) is 27.0. The first-order valence-corrected chi connectivity index (χ1v) is 17.6. The van der Waals surface area contributed by atoms with Gasteiger partial charge < -0.3 is 4.90 Å². The molecule has 0 saturated carbocycles. The third kappa shape index (κ3) is 4.21. The minimum atomic E-state index is 1.14. The average molecular weight is 634 g/mol. The molecule has 0 atom stereocenters. The summed E-state index contributed by atoms with van der Waals surface area (Å²) in [5.41, 5.74) is 6.00. The van der Waals surface area contributed by atoms with Gasteiger partial charge in [0.25, 0.3) is 0 Å². The molecule has 10 rings (SSSR count). The fourth-order valence-corrected chi connectivity index (χ4v) is 9.58. The van der Waals surface area contributed by atoms with Gasteiger partial charge in [-0.15, -0.1) is 22.7 Å². The highest BCUT2D eigenvalue weighted by Crippen LogP contribution is 2.50. The van der Waals surface area contributed by atoms with E-state index in [-0.39, 0.29) is 0 Å². The standard InChI is InChI=1S/C44H27NS2/c1-3-13-33-28(10-1)12-9-17-34(33)29-20-22-31(23-21-29)45(32-24-25-37-36-15-5-7-18-39(36)46-41(37)27-32)44-35-14-4-2-11-30(35)26-42-43(44)38-16-6-8-19-40(38)47-42/h1-27H. The summed E-state index contributed by atoms with van der Waals surface area (Å²) >= 11 is 3.75. The van der Waals surface area contributed by atoms with E-state index in [1.807, 2.05) is 22.7 Å². The van der Waals surface area contributed by atoms with Crippen LogP contribution in [0, 0.1) is 0 Å². The number of hydrogen-bond donors (Lipinski definition) is 0. The van der Waals surface area contributed by atoms with E-state index in [0.29, 0.717) is 0 Å². The Morgan fingerprint density at radius 1 is 0.362 bits per heavy atom. The molecule has 0 bridgehead atoms. The average Bonchev–Trinajstić information content (AvgIpc) is 3.69. The van der Waals surface area contributed by atoms with Gasteiger partial charge in [0.15, 0.2) is 0 Å². The lowest BCUT2D eigenvalue weighted by molar-refractivity contribution is 1.32. The quantitative estimate of drug-likeness (QED) is 0.186. The van der Waals surface area contributed by atoms with Crippen LogP contribution in [0.15, 0.2) is 164 Å². The number of anilines is 3. The number of nitrogens with zero attached hydrogens (tertiary/aromatic N) is 1. The third-order valence-electron chi connectivity index (χ3n) is 9.43. The maximum atomic E-state index is 2.50. The van der Waals surface area contributed by atoms with Crippen molar-refractivity contribution < 1.29 is 0 Å². The van der Waals surface area contributed by atoms with Crippen molar-refractivity contribution in [2.24, 2.45) is 0 Å². The molecule has 2 heterocycles. The summed E-state index contributed by atoms with van der Waals surface area (Å²) in [6.45, 7) is 0. The first-order chi connectivity index (χ1) is 23.3. The van der Waals surface area contributed by atoms with Crippen molar-refractivity contribution >= 4 is 102 Å². The molecule has 0 aliphatic rings. The number of thiophene rings is 2. The number of fused-ring (bicyclic) bond motifs is 8. The molecule has 2 aromatic heterocycles. The van der Waals surface area contributed by atoms with Gasteiger partial charge in [0.1, 0.15) is 0 Å². The molecule has 0 spiro atoms. The highest BCUT2D eigenvalue weighted by molar-refractivity contribution is 7.26. The van der Waals surface area contributed by atoms with Gasteiger partial charge in [-0.25, -0.2) is 0 Å². The van der Waals surface area contributed by atoms with Crippen LogP contribution in [0.5, 0.6) is 0 Å². The highest BCUT2D eigenvalue weighted by Gasteiger charge is 2.22. The van der Waals surface area contributed by atoms with Gasteiger partial charge in [0.05, 0.1) is 5.69 Å². The SMILES string of the molecule is c1ccc2c(-c3ccc(N(c4ccc5c(c4)sc4ccccc45)c4c5ccccc5cc5sc6ccccc6c45)cc3)cccc2c1. The summed E-state index contributed by atoms with van der Waals surface area (Å²) in [5.74, 6) is 0. The van der Waals surface area contributed by atoms with Crippen molar-refractivity contribution in [2.45, 2.75) is 0 Å². The molecule has 8 aromatic carbocycles. The van der Waals surface area contributed by atoms with Gasteiger partial charge in [0, 0.05) is 57.1 Å². The predicted octanol–water partition coefficient (Wildman–Crippen LogP) is 13.9. The summed E-state index contributed by atoms with van der Waals surface area (Å²) in [7, 11) is 0. The van der Waals surface area contributed by atoms with E-state index >= 15 is 0 Å². The molecule has 0 unspecified atom stereocenters. The van der Waals surface area contributed by atoms with E-state index in [0.717, 1.165) is 11.4 Å². The maximum absolute atomic E-state index is 2.50. The summed E-state index contributed by atoms with van der Waals surface area (Å²) in [6, 6.07) is 60.2. The van der Waals surface area contributed by atoms with Gasteiger partial charge >= 0.3 is 0 Å². The molecule has 0 fully saturated rings. The molecule has 1 nitrogen and oxygen atoms in total. The Labute approximate surface area is 280 Å². The van der Waals surface area contributed by atoms with Crippen molar-refractivity contribution in [3.63, 3.8) is 0 Å². The molecule has 0 radical (unpaired) electrons. The maximum Gasteiger partial charge on any atom is 0.0633 e. The summed E-state index contributed by atoms with van der Waals surface area (Å²) < 4.78 is 5.24. The van der Waals surface area contributed by atoms with Crippen molar-refractivity contribution in [2.75, 3.05) is 4.90 Å². The van der Waals surface area contributed by atoms with Gasteiger partial charge in [-0.2, -0.15) is 0 Å². The molecule has 0 aliphatic heterocycles. The highest BCUT2D eigenvalue weighted by atomic mass is 32.1. The summed E-state index contributed by atoms with van der Waals surface area (Å²) in [4.78, 5) is 2.50. The number of rotatable bonds is 4. The van der Waals surface area contributed by atoms with E-state index in [4.69, 9.17) is 0 Å². The predicted molar refractivity (Wildman–Crippen MR) is 207 cm³/mol. The van der Waals surface area contributed by atoms with Crippen molar-refractivity contribution in [3.05, 3.63) is 164 Å². The van der Waals surface area contributed by atoms with Crippen LogP contribution in [0.4, 0.5) is 17.1 Å². The molecule has 0 amide bonds. The van der Waals surface area contributed by atoms with Crippen LogP contribution in [0.1, 0.15) is 0 Å². The van der Waals surface area contributed by atoms with Crippen LogP contribution in [-0.2, 0) is 0 Å². The third-order valence-corrected chi connectivity index (χ3v) is 11.7. The first kappa shape index (κ1) is 26.7. The van der Waals surface area contributed by atoms with E-state index < -0.39 is 0 Å². The van der Waals surface area contributed by atoms with Crippen molar-refractivity contribution in [1.29, 1.82) is 0 Å². The Morgan fingerprint density at radius 2 is 0.957 bits per heavy atom. The summed E-state index contributed by atoms with van der Waals surface area (Å²) in [5, 5.41) is 10.3. The topological polar surface area (TPSA) is 3.24 Å². The minimum Gasteiger partial charge on any atom is -0.309 e. The molecule has 0 aliphatic carbocycles. The Bertz CT molecular complexity index is 2800. The van der Waals surface area contributed by atoms with Crippen LogP contribution in [-0.4, -0.2) is 0 Å². The minimum absolute atomic E-state index is 1.14. The Kier molecular flexibility index (Phi) is 5.98. The van der Waals surface area contributed by atoms with E-state index in [1.165, 1.54) is 78.7 Å². The molecule has 3 heteroatoms. The Hall–Kier alpha value is -5.48. The van der Waals surface area contributed by atoms with Gasteiger partial charge in [-0.1, -0.05) is 121 Å². The van der Waals surface area contributed by atoms with Gasteiger partial charge in [-0.3, -0.25) is 0 Å². The first-order valence-electron chi connectivity index (χ1n) is 15.9. The molecule has 220 valence electrons. The van der Waals surface area contributed by atoms with E-state index in [2.05, 4.69) is 169 Å². The second-order valence-electron chi connectivity index (χ2n) is 12.1. The van der Waals surface area contributed by atoms with Crippen molar-refractivity contribution in [1.82, 2.24) is 0 Å². The normalized spacial score (nSPS) is 11.8. The van der Waals surface area contributed by atoms with Gasteiger partial charge in [-0.05, 0) is 69.8 Å². The van der Waals surface area contributed by atoms with Crippen LogP contribution < -0.4 is 4.90 Å². The zero-order valence-electron chi connectivity index (χ0n) is 25.4. The van der Waals surface area contributed by atoms with Crippen LogP contribution in [0.2, 0.25) is 0 Å². The molecule has 0 saturated heterocycles. The molecular formula is C44H27NS2. The smallest absolute Gasteiger partial charge is 0.0633 e. The Balaban J connectivity index is 1.26. The number of hydrogen-bond acceptors (Lipinski definition) is 3. The lowest BCUT2D eigenvalue weighted by Crippen LogP contribution is -2.11. The van der Waals surface area contributed by atoms with Crippen LogP contribution >= 0.6 is 22.7 Å². The Morgan fingerprint density at radius 3 is 1.79 bits per heavy atom. The molecular weight excluding hydrogens is 607 g/mol. The lowest BCUT2D eigenvalue weighted by atomic mass is 9.97. The molecule has 10 aromatic rings. The fraction of sp³-hybridized carbons (Fsp3) is 0. The van der Waals surface area contributed by atoms with Crippen molar-refractivity contribution in [3.8, 4) is 11.1 Å². The number of benzene rings is 8.